The summed E-state index contributed by atoms with van der Waals surface area (Å²) >= 11 is 0. The molecular formula is C20H27FN2O2. The summed E-state index contributed by atoms with van der Waals surface area (Å²) in [6, 6.07) is 6.68. The van der Waals surface area contributed by atoms with Crippen molar-refractivity contribution >= 4 is 5.91 Å². The van der Waals surface area contributed by atoms with E-state index in [9.17, 15) is 9.18 Å². The van der Waals surface area contributed by atoms with Crippen LogP contribution in [-0.4, -0.2) is 36.5 Å². The molecule has 0 spiro atoms. The van der Waals surface area contributed by atoms with E-state index in [-0.39, 0.29) is 29.8 Å². The van der Waals surface area contributed by atoms with E-state index in [1.54, 1.807) is 12.1 Å². The van der Waals surface area contributed by atoms with Gasteiger partial charge >= 0.3 is 0 Å². The van der Waals surface area contributed by atoms with Crippen LogP contribution in [-0.2, 0) is 9.53 Å². The first-order valence-corrected chi connectivity index (χ1v) is 9.53. The van der Waals surface area contributed by atoms with Gasteiger partial charge in [-0.25, -0.2) is 4.39 Å². The highest BCUT2D eigenvalue weighted by atomic mass is 19.1. The van der Waals surface area contributed by atoms with Crippen molar-refractivity contribution in [2.45, 2.75) is 44.2 Å². The smallest absolute Gasteiger partial charge is 0.225 e. The molecule has 25 heavy (non-hydrogen) atoms. The number of carbonyl (C=O) groups is 1. The molecule has 1 heterocycles. The fourth-order valence-corrected chi connectivity index (χ4v) is 4.98. The highest BCUT2D eigenvalue weighted by molar-refractivity contribution is 5.79. The van der Waals surface area contributed by atoms with Gasteiger partial charge in [-0.3, -0.25) is 4.79 Å². The number of morpholine rings is 1. The van der Waals surface area contributed by atoms with Crippen molar-refractivity contribution in [3.63, 3.8) is 0 Å². The third-order valence-corrected chi connectivity index (χ3v) is 6.38. The Balaban J connectivity index is 1.42. The Kier molecular flexibility index (Phi) is 4.78. The van der Waals surface area contributed by atoms with E-state index in [0.717, 1.165) is 18.4 Å². The molecule has 3 fully saturated rings. The number of ether oxygens (including phenoxy) is 1. The highest BCUT2D eigenvalue weighted by Gasteiger charge is 2.42. The number of carbonyl (C=O) groups excluding carboxylic acids is 1. The van der Waals surface area contributed by atoms with Crippen molar-refractivity contribution in [3.8, 4) is 0 Å². The predicted octanol–water partition coefficient (Wildman–Crippen LogP) is 2.88. The van der Waals surface area contributed by atoms with Crippen LogP contribution < -0.4 is 5.73 Å². The van der Waals surface area contributed by atoms with Gasteiger partial charge in [0.25, 0.3) is 0 Å². The summed E-state index contributed by atoms with van der Waals surface area (Å²) in [7, 11) is 0. The van der Waals surface area contributed by atoms with Gasteiger partial charge in [0, 0.05) is 18.5 Å². The Labute approximate surface area is 148 Å². The minimum atomic E-state index is -0.252. The van der Waals surface area contributed by atoms with Crippen LogP contribution in [0.2, 0.25) is 0 Å². The Hall–Kier alpha value is -1.46. The lowest BCUT2D eigenvalue weighted by Gasteiger charge is -2.45. The van der Waals surface area contributed by atoms with Crippen molar-refractivity contribution in [1.29, 1.82) is 0 Å². The molecule has 1 aromatic carbocycles. The lowest BCUT2D eigenvalue weighted by atomic mass is 9.65. The molecule has 4 rings (SSSR count). The van der Waals surface area contributed by atoms with Crippen LogP contribution in [0.1, 0.15) is 43.8 Å². The Morgan fingerprint density at radius 3 is 2.52 bits per heavy atom. The van der Waals surface area contributed by atoms with Gasteiger partial charge in [0.15, 0.2) is 0 Å². The summed E-state index contributed by atoms with van der Waals surface area (Å²) in [6.07, 6.45) is 5.31. The second kappa shape index (κ2) is 7.04. The monoisotopic (exact) mass is 346 g/mol. The summed E-state index contributed by atoms with van der Waals surface area (Å²) in [4.78, 5) is 15.0. The van der Waals surface area contributed by atoms with Crippen LogP contribution in [0.15, 0.2) is 24.3 Å². The number of fused-ring (bicyclic) bond motifs is 2. The zero-order chi connectivity index (χ0) is 17.4. The predicted molar refractivity (Wildman–Crippen MR) is 93.2 cm³/mol. The maximum absolute atomic E-state index is 13.1. The molecule has 2 saturated carbocycles. The molecular weight excluding hydrogens is 319 g/mol. The van der Waals surface area contributed by atoms with Gasteiger partial charge in [0.05, 0.1) is 13.2 Å². The quantitative estimate of drug-likeness (QED) is 0.896. The van der Waals surface area contributed by atoms with Gasteiger partial charge in [-0.15, -0.1) is 0 Å². The molecule has 0 aromatic heterocycles. The second-order valence-corrected chi connectivity index (χ2v) is 7.89. The fraction of sp³-hybridized carbons (Fsp3) is 0.650. The maximum atomic E-state index is 13.1. The van der Waals surface area contributed by atoms with Gasteiger partial charge < -0.3 is 15.4 Å². The second-order valence-electron chi connectivity index (χ2n) is 7.89. The molecule has 0 radical (unpaired) electrons. The van der Waals surface area contributed by atoms with Crippen molar-refractivity contribution in [3.05, 3.63) is 35.6 Å². The van der Waals surface area contributed by atoms with Crippen LogP contribution in [0, 0.1) is 23.6 Å². The van der Waals surface area contributed by atoms with Gasteiger partial charge in [-0.2, -0.15) is 0 Å². The van der Waals surface area contributed by atoms with E-state index in [1.165, 1.54) is 31.4 Å². The first-order chi connectivity index (χ1) is 12.1. The van der Waals surface area contributed by atoms with Crippen molar-refractivity contribution in [2.75, 3.05) is 19.7 Å². The van der Waals surface area contributed by atoms with Gasteiger partial charge in [-0.05, 0) is 55.2 Å². The summed E-state index contributed by atoms with van der Waals surface area (Å²) < 4.78 is 19.0. The van der Waals surface area contributed by atoms with E-state index >= 15 is 0 Å². The number of hydrogen-bond donors (Lipinski definition) is 1. The zero-order valence-corrected chi connectivity index (χ0v) is 14.6. The molecule has 3 aliphatic rings. The largest absolute Gasteiger partial charge is 0.370 e. The van der Waals surface area contributed by atoms with Crippen LogP contribution in [0.25, 0.3) is 0 Å². The van der Waals surface area contributed by atoms with Crippen molar-refractivity contribution in [1.82, 2.24) is 4.90 Å². The minimum absolute atomic E-state index is 0.113. The molecule has 1 amide bonds. The van der Waals surface area contributed by atoms with Gasteiger partial charge in [0.1, 0.15) is 11.9 Å². The SMILES string of the molecule is NC1C2CCCC1CC(C(=O)N1CCOC(c3ccc(F)cc3)C1)C2. The first kappa shape index (κ1) is 17.0. The molecule has 1 aromatic rings. The normalized spacial score (nSPS) is 35.4. The molecule has 1 saturated heterocycles. The topological polar surface area (TPSA) is 55.6 Å². The summed E-state index contributed by atoms with van der Waals surface area (Å²) in [5.41, 5.74) is 7.29. The molecule has 2 aliphatic carbocycles. The van der Waals surface area contributed by atoms with E-state index in [1.807, 2.05) is 4.90 Å². The molecule has 3 atom stereocenters. The lowest BCUT2D eigenvalue weighted by Crippen LogP contribution is -2.51. The average Bonchev–Trinajstić information content (AvgIpc) is 2.62. The maximum Gasteiger partial charge on any atom is 0.225 e. The molecule has 136 valence electrons. The highest BCUT2D eigenvalue weighted by Crippen LogP contribution is 2.42. The lowest BCUT2D eigenvalue weighted by molar-refractivity contribution is -0.146. The standard InChI is InChI=1S/C20H27FN2O2/c21-17-6-4-13(5-7-17)18-12-23(8-9-25-18)20(24)16-10-14-2-1-3-15(11-16)19(14)22/h4-7,14-16,18-19H,1-3,8-12,22H2. The molecule has 5 heteroatoms. The number of halogens is 1. The van der Waals surface area contributed by atoms with E-state index in [2.05, 4.69) is 0 Å². The average molecular weight is 346 g/mol. The fourth-order valence-electron chi connectivity index (χ4n) is 4.98. The van der Waals surface area contributed by atoms with Gasteiger partial charge in [0.2, 0.25) is 5.91 Å². The van der Waals surface area contributed by atoms with Crippen molar-refractivity contribution < 1.29 is 13.9 Å². The number of nitrogens with zero attached hydrogens (tertiary/aromatic N) is 1. The number of amides is 1. The first-order valence-electron chi connectivity index (χ1n) is 9.53. The number of rotatable bonds is 2. The van der Waals surface area contributed by atoms with E-state index in [0.29, 0.717) is 31.5 Å². The number of benzene rings is 1. The Morgan fingerprint density at radius 2 is 1.84 bits per heavy atom. The molecule has 3 unspecified atom stereocenters. The van der Waals surface area contributed by atoms with E-state index in [4.69, 9.17) is 10.5 Å². The van der Waals surface area contributed by atoms with Crippen molar-refractivity contribution in [2.24, 2.45) is 23.5 Å². The Bertz CT molecular complexity index is 607. The third kappa shape index (κ3) is 3.44. The Morgan fingerprint density at radius 1 is 1.16 bits per heavy atom. The van der Waals surface area contributed by atoms with Crippen LogP contribution >= 0.6 is 0 Å². The zero-order valence-electron chi connectivity index (χ0n) is 14.6. The number of hydrogen-bond acceptors (Lipinski definition) is 3. The van der Waals surface area contributed by atoms with Gasteiger partial charge in [-0.1, -0.05) is 18.6 Å². The summed E-state index contributed by atoms with van der Waals surface area (Å²) in [5, 5.41) is 0. The minimum Gasteiger partial charge on any atom is -0.370 e. The summed E-state index contributed by atoms with van der Waals surface area (Å²) in [6.45, 7) is 1.74. The van der Waals surface area contributed by atoms with Crippen LogP contribution in [0.4, 0.5) is 4.39 Å². The third-order valence-electron chi connectivity index (χ3n) is 6.38. The summed E-state index contributed by atoms with van der Waals surface area (Å²) in [5.74, 6) is 1.14. The molecule has 2 N–H and O–H groups in total. The molecule has 2 bridgehead atoms. The molecule has 4 nitrogen and oxygen atoms in total. The van der Waals surface area contributed by atoms with Crippen LogP contribution in [0.3, 0.4) is 0 Å². The molecule has 1 aliphatic heterocycles. The van der Waals surface area contributed by atoms with E-state index < -0.39 is 0 Å². The number of nitrogens with two attached hydrogens (primary N) is 1. The van der Waals surface area contributed by atoms with Crippen LogP contribution in [0.5, 0.6) is 0 Å².